The summed E-state index contributed by atoms with van der Waals surface area (Å²) in [5.41, 5.74) is 2.32. The van der Waals surface area contributed by atoms with E-state index < -0.39 is 0 Å². The number of alkyl halides is 1. The first-order valence-electron chi connectivity index (χ1n) is 7.00. The lowest BCUT2D eigenvalue weighted by atomic mass is 10.1. The molecule has 106 valence electrons. The number of halogens is 1. The smallest absolute Gasteiger partial charge is 0.128 e. The second-order valence-corrected chi connectivity index (χ2v) is 6.35. The van der Waals surface area contributed by atoms with Crippen molar-refractivity contribution >= 4 is 33.5 Å². The fourth-order valence-corrected chi connectivity index (χ4v) is 2.97. The van der Waals surface area contributed by atoms with Crippen molar-refractivity contribution in [2.75, 3.05) is 6.61 Å². The minimum Gasteiger partial charge on any atom is -0.493 e. The molecule has 0 saturated heterocycles. The largest absolute Gasteiger partial charge is 0.493 e. The highest BCUT2D eigenvalue weighted by molar-refractivity contribution is 14.1. The molecule has 1 aromatic heterocycles. The van der Waals surface area contributed by atoms with E-state index in [1.807, 2.05) is 36.5 Å². The molecule has 0 aliphatic rings. The predicted molar refractivity (Wildman–Crippen MR) is 95.1 cm³/mol. The van der Waals surface area contributed by atoms with E-state index in [0.717, 1.165) is 23.1 Å². The van der Waals surface area contributed by atoms with Gasteiger partial charge in [-0.05, 0) is 36.2 Å². The second-order valence-electron chi connectivity index (χ2n) is 4.84. The minimum atomic E-state index is 0.469. The maximum Gasteiger partial charge on any atom is 0.128 e. The molecular formula is C18H16INO. The predicted octanol–water partition coefficient (Wildman–Crippen LogP) is 5.18. The summed E-state index contributed by atoms with van der Waals surface area (Å²) in [5.74, 6) is 0.914. The van der Waals surface area contributed by atoms with Gasteiger partial charge in [0.25, 0.3) is 0 Å². The van der Waals surface area contributed by atoms with Crippen LogP contribution in [0.25, 0.3) is 10.9 Å². The van der Waals surface area contributed by atoms with E-state index in [1.165, 1.54) is 5.56 Å². The molecule has 0 N–H and O–H groups in total. The van der Waals surface area contributed by atoms with Gasteiger partial charge in [0.15, 0.2) is 0 Å². The van der Waals surface area contributed by atoms with Gasteiger partial charge < -0.3 is 4.74 Å². The Bertz CT molecular complexity index is 709. The molecule has 0 spiro atoms. The van der Waals surface area contributed by atoms with Crippen LogP contribution in [0.2, 0.25) is 0 Å². The lowest BCUT2D eigenvalue weighted by molar-refractivity contribution is 0.315. The third kappa shape index (κ3) is 3.53. The van der Waals surface area contributed by atoms with Crippen LogP contribution in [0.15, 0.2) is 66.9 Å². The van der Waals surface area contributed by atoms with Crippen molar-refractivity contribution in [3.63, 3.8) is 0 Å². The third-order valence-electron chi connectivity index (χ3n) is 3.40. The second kappa shape index (κ2) is 6.89. The SMILES string of the molecule is I[C@@H](CCOc1cccc2ncccc12)c1ccccc1. The molecule has 0 aliphatic heterocycles. The fraction of sp³-hybridized carbons (Fsp3) is 0.167. The van der Waals surface area contributed by atoms with Crippen LogP contribution in [0, 0.1) is 0 Å². The molecule has 0 unspecified atom stereocenters. The molecule has 2 aromatic carbocycles. The quantitative estimate of drug-likeness (QED) is 0.443. The van der Waals surface area contributed by atoms with E-state index in [0.29, 0.717) is 10.5 Å². The van der Waals surface area contributed by atoms with Gasteiger partial charge in [0, 0.05) is 15.5 Å². The normalized spacial score (nSPS) is 12.2. The number of fused-ring (bicyclic) bond motifs is 1. The Kier molecular flexibility index (Phi) is 4.70. The summed E-state index contributed by atoms with van der Waals surface area (Å²) in [5, 5.41) is 1.07. The molecule has 0 radical (unpaired) electrons. The van der Waals surface area contributed by atoms with Gasteiger partial charge in [0.2, 0.25) is 0 Å². The maximum absolute atomic E-state index is 5.97. The standard InChI is InChI=1S/C18H16INO/c19-16(14-6-2-1-3-7-14)11-13-21-18-10-4-9-17-15(18)8-5-12-20-17/h1-10,12,16H,11,13H2/t16-/m0/s1. The highest BCUT2D eigenvalue weighted by atomic mass is 127. The van der Waals surface area contributed by atoms with Crippen LogP contribution in [-0.2, 0) is 0 Å². The molecule has 3 aromatic rings. The Morgan fingerprint density at radius 2 is 1.81 bits per heavy atom. The number of rotatable bonds is 5. The molecule has 2 nitrogen and oxygen atoms in total. The van der Waals surface area contributed by atoms with Crippen molar-refractivity contribution in [3.8, 4) is 5.75 Å². The van der Waals surface area contributed by atoms with Crippen molar-refractivity contribution in [2.24, 2.45) is 0 Å². The van der Waals surface area contributed by atoms with E-state index in [9.17, 15) is 0 Å². The average molecular weight is 389 g/mol. The molecule has 0 fully saturated rings. The monoisotopic (exact) mass is 389 g/mol. The minimum absolute atomic E-state index is 0.469. The first kappa shape index (κ1) is 14.3. The van der Waals surface area contributed by atoms with Gasteiger partial charge in [-0.15, -0.1) is 0 Å². The van der Waals surface area contributed by atoms with Crippen molar-refractivity contribution in [2.45, 2.75) is 10.3 Å². The molecule has 3 heteroatoms. The third-order valence-corrected chi connectivity index (χ3v) is 4.74. The van der Waals surface area contributed by atoms with Crippen LogP contribution < -0.4 is 4.74 Å². The van der Waals surface area contributed by atoms with Gasteiger partial charge in [-0.3, -0.25) is 4.98 Å². The van der Waals surface area contributed by atoms with Gasteiger partial charge >= 0.3 is 0 Å². The van der Waals surface area contributed by atoms with E-state index in [2.05, 4.69) is 57.9 Å². The number of nitrogens with zero attached hydrogens (tertiary/aromatic N) is 1. The van der Waals surface area contributed by atoms with Crippen molar-refractivity contribution < 1.29 is 4.74 Å². The molecule has 0 bridgehead atoms. The molecule has 0 saturated carbocycles. The molecule has 21 heavy (non-hydrogen) atoms. The fourth-order valence-electron chi connectivity index (χ4n) is 2.30. The van der Waals surface area contributed by atoms with E-state index in [4.69, 9.17) is 4.74 Å². The Labute approximate surface area is 138 Å². The van der Waals surface area contributed by atoms with Crippen LogP contribution in [0.4, 0.5) is 0 Å². The number of ether oxygens (including phenoxy) is 1. The summed E-state index contributed by atoms with van der Waals surface area (Å²) < 4.78 is 6.44. The number of benzene rings is 2. The highest BCUT2D eigenvalue weighted by Gasteiger charge is 2.08. The summed E-state index contributed by atoms with van der Waals surface area (Å²) in [6, 6.07) is 20.5. The summed E-state index contributed by atoms with van der Waals surface area (Å²) in [6.07, 6.45) is 2.80. The van der Waals surface area contributed by atoms with Crippen LogP contribution in [-0.4, -0.2) is 11.6 Å². The van der Waals surface area contributed by atoms with Gasteiger partial charge in [-0.2, -0.15) is 0 Å². The number of aromatic nitrogens is 1. The average Bonchev–Trinajstić information content (AvgIpc) is 2.56. The summed E-state index contributed by atoms with van der Waals surface area (Å²) in [6.45, 7) is 0.705. The van der Waals surface area contributed by atoms with Crippen LogP contribution in [0.3, 0.4) is 0 Å². The van der Waals surface area contributed by atoms with E-state index in [1.54, 1.807) is 0 Å². The zero-order valence-electron chi connectivity index (χ0n) is 11.6. The Balaban J connectivity index is 1.65. The van der Waals surface area contributed by atoms with Crippen molar-refractivity contribution in [3.05, 3.63) is 72.4 Å². The lowest BCUT2D eigenvalue weighted by Crippen LogP contribution is -2.01. The van der Waals surface area contributed by atoms with Crippen LogP contribution >= 0.6 is 22.6 Å². The number of hydrogen-bond acceptors (Lipinski definition) is 2. The molecule has 0 aliphatic carbocycles. The van der Waals surface area contributed by atoms with E-state index >= 15 is 0 Å². The first-order chi connectivity index (χ1) is 10.3. The van der Waals surface area contributed by atoms with Gasteiger partial charge in [-0.1, -0.05) is 59.0 Å². The van der Waals surface area contributed by atoms with E-state index in [-0.39, 0.29) is 0 Å². The molecular weight excluding hydrogens is 373 g/mol. The Hall–Kier alpha value is -1.62. The number of hydrogen-bond donors (Lipinski definition) is 0. The van der Waals surface area contributed by atoms with Gasteiger partial charge in [0.1, 0.15) is 5.75 Å². The zero-order valence-corrected chi connectivity index (χ0v) is 13.7. The lowest BCUT2D eigenvalue weighted by Gasteiger charge is -2.12. The molecule has 3 rings (SSSR count). The summed E-state index contributed by atoms with van der Waals surface area (Å²) >= 11 is 2.48. The zero-order chi connectivity index (χ0) is 14.5. The van der Waals surface area contributed by atoms with Crippen LogP contribution in [0.5, 0.6) is 5.75 Å². The molecule has 1 atom stereocenters. The first-order valence-corrected chi connectivity index (χ1v) is 8.25. The van der Waals surface area contributed by atoms with Gasteiger partial charge in [-0.25, -0.2) is 0 Å². The van der Waals surface area contributed by atoms with Crippen molar-refractivity contribution in [1.29, 1.82) is 0 Å². The van der Waals surface area contributed by atoms with Crippen LogP contribution in [0.1, 0.15) is 15.9 Å². The highest BCUT2D eigenvalue weighted by Crippen LogP contribution is 2.28. The summed E-state index contributed by atoms with van der Waals surface area (Å²) in [4.78, 5) is 4.35. The molecule has 1 heterocycles. The van der Waals surface area contributed by atoms with Gasteiger partial charge in [0.05, 0.1) is 12.1 Å². The Morgan fingerprint density at radius 1 is 0.952 bits per heavy atom. The Morgan fingerprint density at radius 3 is 2.67 bits per heavy atom. The topological polar surface area (TPSA) is 22.1 Å². The molecule has 0 amide bonds. The number of pyridine rings is 1. The van der Waals surface area contributed by atoms with Crippen molar-refractivity contribution in [1.82, 2.24) is 4.98 Å². The summed E-state index contributed by atoms with van der Waals surface area (Å²) in [7, 11) is 0. The maximum atomic E-state index is 5.97.